The fourth-order valence-electron chi connectivity index (χ4n) is 2.21. The van der Waals surface area contributed by atoms with E-state index in [1.165, 1.54) is 44.6 Å². The lowest BCUT2D eigenvalue weighted by Gasteiger charge is -2.03. The number of hydrogen-bond acceptors (Lipinski definition) is 4. The first kappa shape index (κ1) is 37.4. The molecule has 5 nitrogen and oxygen atoms in total. The summed E-state index contributed by atoms with van der Waals surface area (Å²) in [5, 5.41) is 2.83. The molecule has 0 aromatic carbocycles. The van der Waals surface area contributed by atoms with Crippen molar-refractivity contribution >= 4 is 11.9 Å². The number of esters is 1. The third kappa shape index (κ3) is 42.5. The molecule has 0 radical (unpaired) electrons. The molecule has 0 bridgehead atoms. The molecular weight excluding hydrogens is 436 g/mol. The molecule has 0 rings (SSSR count). The maximum Gasteiger partial charge on any atom is 0.330 e. The molecule has 0 spiro atoms. The van der Waals surface area contributed by atoms with E-state index >= 15 is 0 Å². The van der Waals surface area contributed by atoms with Crippen LogP contribution in [-0.2, 0) is 14.3 Å². The number of amides is 1. The van der Waals surface area contributed by atoms with Crippen LogP contribution in [-0.4, -0.2) is 31.6 Å². The number of nitrogens with two attached hydrogens (primary N) is 1. The van der Waals surface area contributed by atoms with E-state index in [2.05, 4.69) is 59.0 Å². The van der Waals surface area contributed by atoms with Crippen molar-refractivity contribution in [2.75, 3.05) is 19.7 Å². The van der Waals surface area contributed by atoms with E-state index < -0.39 is 0 Å². The monoisotopic (exact) mass is 492 g/mol. The summed E-state index contributed by atoms with van der Waals surface area (Å²) in [7, 11) is 0. The molecule has 0 atom stereocenters. The van der Waals surface area contributed by atoms with Gasteiger partial charge in [-0.2, -0.15) is 0 Å². The Morgan fingerprint density at radius 2 is 1.26 bits per heavy atom. The standard InChI is InChI=1S/C14H25NO.C12H20O2.C4H11N/c1-4-5-6-7-8-9-10-11-14(16)15-12-13(2)3;1-3-5-6-7-8-9-10-11-12(13)14-4-2;1-4(2)3-5/h8-11,13H,4-7,12H2,1-3H3,(H,15,16);8-11H,3-7H2,1-2H3;4H,3,5H2,1-2H3/b9-8+,11-10+;9-8?,11-10+;. The highest BCUT2D eigenvalue weighted by atomic mass is 16.5. The van der Waals surface area contributed by atoms with E-state index in [1.54, 1.807) is 19.1 Å². The molecule has 204 valence electrons. The van der Waals surface area contributed by atoms with E-state index in [0.717, 1.165) is 25.9 Å². The number of carbonyl (C=O) groups is 2. The molecule has 35 heavy (non-hydrogen) atoms. The van der Waals surface area contributed by atoms with Crippen molar-refractivity contribution in [2.45, 2.75) is 99.8 Å². The number of allylic oxidation sites excluding steroid dienone is 6. The fourth-order valence-corrected chi connectivity index (χ4v) is 2.21. The minimum absolute atomic E-state index is 0.00749. The second-order valence-corrected chi connectivity index (χ2v) is 9.09. The summed E-state index contributed by atoms with van der Waals surface area (Å²) in [6, 6.07) is 0. The Morgan fingerprint density at radius 3 is 1.66 bits per heavy atom. The average Bonchev–Trinajstić information content (AvgIpc) is 2.82. The lowest BCUT2D eigenvalue weighted by Crippen LogP contribution is -2.25. The molecule has 5 heteroatoms. The Morgan fingerprint density at radius 1 is 0.771 bits per heavy atom. The SMILES string of the molecule is CC(C)CN.CCCCC/C=C/C=C/C(=O)NCC(C)C.CCCCCC=C/C=C/C(=O)OCC. The van der Waals surface area contributed by atoms with Crippen molar-refractivity contribution in [2.24, 2.45) is 17.6 Å². The molecule has 0 saturated carbocycles. The zero-order valence-corrected chi connectivity index (χ0v) is 23.9. The molecule has 0 aliphatic carbocycles. The minimum Gasteiger partial charge on any atom is -0.463 e. The predicted molar refractivity (Wildman–Crippen MR) is 153 cm³/mol. The van der Waals surface area contributed by atoms with Crippen molar-refractivity contribution < 1.29 is 14.3 Å². The quantitative estimate of drug-likeness (QED) is 0.103. The topological polar surface area (TPSA) is 81.4 Å². The van der Waals surface area contributed by atoms with Crippen molar-refractivity contribution in [3.63, 3.8) is 0 Å². The van der Waals surface area contributed by atoms with Crippen LogP contribution in [0, 0.1) is 11.8 Å². The summed E-state index contributed by atoms with van der Waals surface area (Å²) in [5.74, 6) is 0.884. The van der Waals surface area contributed by atoms with Gasteiger partial charge >= 0.3 is 5.97 Å². The fraction of sp³-hybridized carbons (Fsp3) is 0.667. The van der Waals surface area contributed by atoms with Gasteiger partial charge in [-0.15, -0.1) is 0 Å². The van der Waals surface area contributed by atoms with E-state index in [4.69, 9.17) is 10.5 Å². The van der Waals surface area contributed by atoms with Crippen LogP contribution >= 0.6 is 0 Å². The number of ether oxygens (including phenoxy) is 1. The Balaban J connectivity index is -0.000000493. The zero-order valence-electron chi connectivity index (χ0n) is 23.9. The molecule has 0 fully saturated rings. The highest BCUT2D eigenvalue weighted by molar-refractivity contribution is 5.87. The number of hydrogen-bond donors (Lipinski definition) is 2. The highest BCUT2D eigenvalue weighted by Crippen LogP contribution is 2.00. The van der Waals surface area contributed by atoms with Gasteiger partial charge in [0.1, 0.15) is 0 Å². The molecule has 1 amide bonds. The van der Waals surface area contributed by atoms with E-state index in [9.17, 15) is 9.59 Å². The van der Waals surface area contributed by atoms with E-state index in [-0.39, 0.29) is 11.9 Å². The molecule has 0 saturated heterocycles. The zero-order chi connectivity index (χ0) is 27.2. The summed E-state index contributed by atoms with van der Waals surface area (Å²) in [6.07, 6.45) is 24.3. The van der Waals surface area contributed by atoms with Gasteiger partial charge < -0.3 is 15.8 Å². The van der Waals surface area contributed by atoms with Gasteiger partial charge in [0.05, 0.1) is 6.61 Å². The van der Waals surface area contributed by atoms with Gasteiger partial charge in [0.15, 0.2) is 0 Å². The van der Waals surface area contributed by atoms with Crippen LogP contribution < -0.4 is 11.1 Å². The molecular formula is C30H56N2O3. The molecule has 0 aliphatic heterocycles. The first-order valence-electron chi connectivity index (χ1n) is 13.6. The van der Waals surface area contributed by atoms with Crippen LogP contribution in [0.3, 0.4) is 0 Å². The van der Waals surface area contributed by atoms with E-state index in [0.29, 0.717) is 18.4 Å². The molecule has 3 N–H and O–H groups in total. The van der Waals surface area contributed by atoms with Crippen LogP contribution in [0.2, 0.25) is 0 Å². The number of rotatable bonds is 16. The second kappa shape index (κ2) is 31.9. The Bertz CT molecular complexity index is 576. The van der Waals surface area contributed by atoms with Crippen molar-refractivity contribution in [1.29, 1.82) is 0 Å². The summed E-state index contributed by atoms with van der Waals surface area (Å²) in [6.45, 7) is 16.5. The Labute approximate surface area is 217 Å². The lowest BCUT2D eigenvalue weighted by molar-refractivity contribution is -0.137. The summed E-state index contributed by atoms with van der Waals surface area (Å²) < 4.78 is 4.73. The van der Waals surface area contributed by atoms with Crippen LogP contribution in [0.4, 0.5) is 0 Å². The minimum atomic E-state index is -0.272. The Kier molecular flexibility index (Phi) is 34.1. The van der Waals surface area contributed by atoms with Gasteiger partial charge in [0.2, 0.25) is 5.91 Å². The third-order valence-corrected chi connectivity index (χ3v) is 4.37. The van der Waals surface area contributed by atoms with Crippen LogP contribution in [0.15, 0.2) is 48.6 Å². The van der Waals surface area contributed by atoms with Gasteiger partial charge in [-0.05, 0) is 51.0 Å². The van der Waals surface area contributed by atoms with Crippen molar-refractivity contribution in [1.82, 2.24) is 5.32 Å². The van der Waals surface area contributed by atoms with Crippen LogP contribution in [0.1, 0.15) is 99.8 Å². The van der Waals surface area contributed by atoms with Gasteiger partial charge in [-0.3, -0.25) is 4.79 Å². The molecule has 0 aromatic heterocycles. The first-order valence-corrected chi connectivity index (χ1v) is 13.6. The highest BCUT2D eigenvalue weighted by Gasteiger charge is 1.95. The molecule has 0 unspecified atom stereocenters. The summed E-state index contributed by atoms with van der Waals surface area (Å²) >= 11 is 0. The third-order valence-electron chi connectivity index (χ3n) is 4.37. The smallest absolute Gasteiger partial charge is 0.330 e. The molecule has 0 heterocycles. The van der Waals surface area contributed by atoms with Crippen molar-refractivity contribution in [3.8, 4) is 0 Å². The van der Waals surface area contributed by atoms with Crippen LogP contribution in [0.25, 0.3) is 0 Å². The molecule has 0 aromatic rings. The van der Waals surface area contributed by atoms with E-state index in [1.807, 2.05) is 18.2 Å². The number of nitrogens with one attached hydrogen (secondary N) is 1. The van der Waals surface area contributed by atoms with Gasteiger partial charge in [0.25, 0.3) is 0 Å². The predicted octanol–water partition coefficient (Wildman–Crippen LogP) is 7.29. The normalized spacial score (nSPS) is 11.3. The van der Waals surface area contributed by atoms with Gasteiger partial charge in [-0.1, -0.05) is 104 Å². The number of unbranched alkanes of at least 4 members (excludes halogenated alkanes) is 6. The van der Waals surface area contributed by atoms with Gasteiger partial charge in [-0.25, -0.2) is 4.79 Å². The van der Waals surface area contributed by atoms with Crippen molar-refractivity contribution in [3.05, 3.63) is 48.6 Å². The number of carbonyl (C=O) groups excluding carboxylic acids is 2. The maximum absolute atomic E-state index is 11.3. The van der Waals surface area contributed by atoms with Gasteiger partial charge in [0, 0.05) is 18.7 Å². The summed E-state index contributed by atoms with van der Waals surface area (Å²) in [5.41, 5.74) is 5.17. The average molecular weight is 493 g/mol. The lowest BCUT2D eigenvalue weighted by atomic mass is 10.2. The maximum atomic E-state index is 11.3. The second-order valence-electron chi connectivity index (χ2n) is 9.09. The Hall–Kier alpha value is -2.14. The first-order chi connectivity index (χ1) is 16.7. The summed E-state index contributed by atoms with van der Waals surface area (Å²) in [4.78, 5) is 22.1. The largest absolute Gasteiger partial charge is 0.463 e. The van der Waals surface area contributed by atoms with Crippen LogP contribution in [0.5, 0.6) is 0 Å². The molecule has 0 aliphatic rings.